The van der Waals surface area contributed by atoms with Crippen molar-refractivity contribution in [3.63, 3.8) is 0 Å². The minimum atomic E-state index is -0.557. The molecule has 0 radical (unpaired) electrons. The summed E-state index contributed by atoms with van der Waals surface area (Å²) in [4.78, 5) is 26.9. The molecule has 0 saturated carbocycles. The van der Waals surface area contributed by atoms with Crippen LogP contribution in [-0.2, 0) is 6.42 Å². The molecule has 5 rings (SSSR count). The van der Waals surface area contributed by atoms with Crippen molar-refractivity contribution in [2.45, 2.75) is 37.8 Å². The number of nitrogens with zero attached hydrogens (tertiary/aromatic N) is 5. The van der Waals surface area contributed by atoms with Crippen LogP contribution < -0.4 is 10.6 Å². The third-order valence-corrected chi connectivity index (χ3v) is 7.99. The molecule has 1 aromatic heterocycles. The molecular formula is C25H33FN6O. The Morgan fingerprint density at radius 3 is 2.58 bits per heavy atom. The van der Waals surface area contributed by atoms with Gasteiger partial charge in [-0.3, -0.25) is 9.69 Å². The van der Waals surface area contributed by atoms with Crippen molar-refractivity contribution >= 4 is 11.7 Å². The first-order chi connectivity index (χ1) is 15.9. The maximum absolute atomic E-state index is 14.7. The van der Waals surface area contributed by atoms with Gasteiger partial charge in [0.2, 0.25) is 0 Å². The second-order valence-electron chi connectivity index (χ2n) is 9.96. The third kappa shape index (κ3) is 4.22. The molecule has 2 saturated heterocycles. The zero-order chi connectivity index (χ0) is 23.1. The number of piperidine rings is 1. The molecule has 3 aliphatic rings. The maximum Gasteiger partial charge on any atom is 0.268 e. The largest absolute Gasteiger partial charge is 0.364 e. The number of nitrogens with two attached hydrogens (primary N) is 1. The highest BCUT2D eigenvalue weighted by Gasteiger charge is 2.44. The van der Waals surface area contributed by atoms with Gasteiger partial charge in [-0.15, -0.1) is 0 Å². The summed E-state index contributed by atoms with van der Waals surface area (Å²) < 4.78 is 14.7. The van der Waals surface area contributed by atoms with E-state index in [0.29, 0.717) is 17.9 Å². The first kappa shape index (κ1) is 22.2. The van der Waals surface area contributed by atoms with E-state index in [2.05, 4.69) is 44.8 Å². The summed E-state index contributed by atoms with van der Waals surface area (Å²) in [7, 11) is 4.35. The number of aromatic nitrogens is 2. The standard InChI is InChI=1S/C25H33FN6O/c1-30(2)22-15-32(21-7-6-17-4-3-5-19(26)24(17)21)14-18(22)16-8-10-31(11-9-16)23-13-28-20(12-29-23)25(27)33/h3-5,12-13,16,18,21-22H,6-11,14-15H2,1-2H3,(H2,27,33)/t18-,21?,22+/m1/s1. The van der Waals surface area contributed by atoms with E-state index in [1.54, 1.807) is 12.3 Å². The van der Waals surface area contributed by atoms with Crippen LogP contribution in [0.25, 0.3) is 0 Å². The molecule has 2 aliphatic heterocycles. The van der Waals surface area contributed by atoms with E-state index < -0.39 is 5.91 Å². The third-order valence-electron chi connectivity index (χ3n) is 7.99. The van der Waals surface area contributed by atoms with Gasteiger partial charge in [0.15, 0.2) is 0 Å². The molecule has 1 amide bonds. The molecule has 33 heavy (non-hydrogen) atoms. The highest BCUT2D eigenvalue weighted by atomic mass is 19.1. The second kappa shape index (κ2) is 8.99. The second-order valence-corrected chi connectivity index (χ2v) is 9.96. The number of hydrogen-bond donors (Lipinski definition) is 1. The molecule has 0 bridgehead atoms. The number of primary amides is 1. The predicted octanol–water partition coefficient (Wildman–Crippen LogP) is 2.48. The van der Waals surface area contributed by atoms with Crippen LogP contribution in [0.4, 0.5) is 10.2 Å². The Labute approximate surface area is 194 Å². The Morgan fingerprint density at radius 1 is 1.12 bits per heavy atom. The summed E-state index contributed by atoms with van der Waals surface area (Å²) in [5.41, 5.74) is 7.58. The fraction of sp³-hybridized carbons (Fsp3) is 0.560. The average molecular weight is 453 g/mol. The molecule has 8 heteroatoms. The van der Waals surface area contributed by atoms with Gasteiger partial charge >= 0.3 is 0 Å². The van der Waals surface area contributed by atoms with Crippen molar-refractivity contribution in [3.05, 3.63) is 53.2 Å². The number of hydrogen-bond acceptors (Lipinski definition) is 6. The topological polar surface area (TPSA) is 78.6 Å². The number of likely N-dealkylation sites (tertiary alicyclic amines) is 1. The molecule has 2 N–H and O–H groups in total. The molecule has 3 heterocycles. The summed E-state index contributed by atoms with van der Waals surface area (Å²) in [6.45, 7) is 3.87. The molecular weight excluding hydrogens is 419 g/mol. The van der Waals surface area contributed by atoms with Crippen molar-refractivity contribution < 1.29 is 9.18 Å². The number of anilines is 1. The SMILES string of the molecule is CN(C)[C@H]1CN(C2CCc3cccc(F)c32)C[C@@H]1C1CCN(c2cnc(C(N)=O)cn2)CC1. The fourth-order valence-electron chi connectivity index (χ4n) is 6.25. The van der Waals surface area contributed by atoms with Gasteiger partial charge in [-0.2, -0.15) is 0 Å². The Bertz CT molecular complexity index is 1000. The summed E-state index contributed by atoms with van der Waals surface area (Å²) in [5, 5.41) is 0. The smallest absolute Gasteiger partial charge is 0.268 e. The van der Waals surface area contributed by atoms with Gasteiger partial charge in [-0.05, 0) is 63.2 Å². The van der Waals surface area contributed by atoms with Gasteiger partial charge in [-0.25, -0.2) is 14.4 Å². The van der Waals surface area contributed by atoms with Crippen LogP contribution in [-0.4, -0.2) is 72.0 Å². The normalized spacial score (nSPS) is 26.2. The molecule has 176 valence electrons. The van der Waals surface area contributed by atoms with Crippen LogP contribution >= 0.6 is 0 Å². The number of fused-ring (bicyclic) bond motifs is 1. The van der Waals surface area contributed by atoms with Crippen LogP contribution in [0.3, 0.4) is 0 Å². The predicted molar refractivity (Wildman–Crippen MR) is 125 cm³/mol. The maximum atomic E-state index is 14.7. The fourth-order valence-corrected chi connectivity index (χ4v) is 6.25. The highest BCUT2D eigenvalue weighted by Crippen LogP contribution is 2.43. The number of rotatable bonds is 5. The van der Waals surface area contributed by atoms with Gasteiger partial charge in [0.1, 0.15) is 17.3 Å². The van der Waals surface area contributed by atoms with E-state index in [9.17, 15) is 9.18 Å². The van der Waals surface area contributed by atoms with Crippen molar-refractivity contribution in [2.75, 3.05) is 45.2 Å². The van der Waals surface area contributed by atoms with Crippen molar-refractivity contribution in [1.29, 1.82) is 0 Å². The number of benzene rings is 1. The minimum absolute atomic E-state index is 0.0448. The summed E-state index contributed by atoms with van der Waals surface area (Å²) in [5.74, 6) is 1.39. The minimum Gasteiger partial charge on any atom is -0.364 e. The van der Waals surface area contributed by atoms with E-state index >= 15 is 0 Å². The number of likely N-dealkylation sites (N-methyl/N-ethyl adjacent to an activating group) is 1. The number of amides is 1. The Morgan fingerprint density at radius 2 is 1.91 bits per heavy atom. The molecule has 1 aromatic carbocycles. The molecule has 2 fully saturated rings. The van der Waals surface area contributed by atoms with Crippen LogP contribution in [0.1, 0.15) is 46.9 Å². The number of halogens is 1. The summed E-state index contributed by atoms with van der Waals surface area (Å²) in [6, 6.07) is 6.22. The first-order valence-electron chi connectivity index (χ1n) is 12.0. The monoisotopic (exact) mass is 452 g/mol. The van der Waals surface area contributed by atoms with E-state index in [4.69, 9.17) is 5.73 Å². The quantitative estimate of drug-likeness (QED) is 0.751. The number of aryl methyl sites for hydroxylation is 1. The van der Waals surface area contributed by atoms with Crippen LogP contribution in [0, 0.1) is 17.7 Å². The number of carbonyl (C=O) groups excluding carboxylic acids is 1. The van der Waals surface area contributed by atoms with Crippen molar-refractivity contribution in [3.8, 4) is 0 Å². The van der Waals surface area contributed by atoms with E-state index in [1.165, 1.54) is 11.8 Å². The van der Waals surface area contributed by atoms with E-state index in [0.717, 1.165) is 63.2 Å². The number of carbonyl (C=O) groups is 1. The lowest BCUT2D eigenvalue weighted by atomic mass is 9.81. The van der Waals surface area contributed by atoms with Crippen molar-refractivity contribution in [2.24, 2.45) is 17.6 Å². The van der Waals surface area contributed by atoms with Crippen molar-refractivity contribution in [1.82, 2.24) is 19.8 Å². The van der Waals surface area contributed by atoms with Gasteiger partial charge in [-0.1, -0.05) is 12.1 Å². The Hall–Kier alpha value is -2.58. The molecule has 1 aliphatic carbocycles. The zero-order valence-corrected chi connectivity index (χ0v) is 19.5. The van der Waals surface area contributed by atoms with Gasteiger partial charge in [0, 0.05) is 43.8 Å². The van der Waals surface area contributed by atoms with Crippen LogP contribution in [0.2, 0.25) is 0 Å². The van der Waals surface area contributed by atoms with E-state index in [1.807, 2.05) is 6.07 Å². The highest BCUT2D eigenvalue weighted by molar-refractivity contribution is 5.90. The van der Waals surface area contributed by atoms with Crippen LogP contribution in [0.15, 0.2) is 30.6 Å². The molecule has 2 aromatic rings. The summed E-state index contributed by atoms with van der Waals surface area (Å²) >= 11 is 0. The molecule has 0 spiro atoms. The zero-order valence-electron chi connectivity index (χ0n) is 19.5. The Kier molecular flexibility index (Phi) is 6.05. The Balaban J connectivity index is 1.26. The van der Waals surface area contributed by atoms with Crippen LogP contribution in [0.5, 0.6) is 0 Å². The van der Waals surface area contributed by atoms with Gasteiger partial charge < -0.3 is 15.5 Å². The van der Waals surface area contributed by atoms with E-state index in [-0.39, 0.29) is 17.6 Å². The lowest BCUT2D eigenvalue weighted by Crippen LogP contribution is -2.43. The molecule has 3 atom stereocenters. The first-order valence-corrected chi connectivity index (χ1v) is 12.0. The lowest BCUT2D eigenvalue weighted by molar-refractivity contribution is 0.0995. The van der Waals surface area contributed by atoms with Gasteiger partial charge in [0.25, 0.3) is 5.91 Å². The average Bonchev–Trinajstić information content (AvgIpc) is 3.45. The molecule has 7 nitrogen and oxygen atoms in total. The van der Waals surface area contributed by atoms with Gasteiger partial charge in [0.05, 0.1) is 12.4 Å². The lowest BCUT2D eigenvalue weighted by Gasteiger charge is -2.38. The summed E-state index contributed by atoms with van der Waals surface area (Å²) in [6.07, 6.45) is 7.28. The molecule has 1 unspecified atom stereocenters.